The number of thiophene rings is 1. The molecular formula is C13H22N2O3S2. The van der Waals surface area contributed by atoms with Gasteiger partial charge in [-0.25, -0.2) is 8.42 Å². The minimum atomic E-state index is -3.59. The Labute approximate surface area is 125 Å². The lowest BCUT2D eigenvalue weighted by atomic mass is 10.1. The fourth-order valence-electron chi connectivity index (χ4n) is 1.66. The predicted molar refractivity (Wildman–Crippen MR) is 81.4 cm³/mol. The number of hydrogen-bond acceptors (Lipinski definition) is 4. The van der Waals surface area contributed by atoms with E-state index in [-0.39, 0.29) is 28.7 Å². The highest BCUT2D eigenvalue weighted by molar-refractivity contribution is 7.91. The van der Waals surface area contributed by atoms with Crippen molar-refractivity contribution in [1.29, 1.82) is 0 Å². The molecule has 1 rings (SSSR count). The average molecular weight is 318 g/mol. The molecule has 0 aromatic carbocycles. The van der Waals surface area contributed by atoms with Crippen LogP contribution in [0.2, 0.25) is 0 Å². The van der Waals surface area contributed by atoms with E-state index < -0.39 is 10.0 Å². The molecule has 0 saturated heterocycles. The molecule has 1 amide bonds. The first-order valence-corrected chi connectivity index (χ1v) is 8.69. The van der Waals surface area contributed by atoms with E-state index in [2.05, 4.69) is 5.32 Å². The van der Waals surface area contributed by atoms with Gasteiger partial charge in [-0.05, 0) is 39.8 Å². The molecule has 0 unspecified atom stereocenters. The molecule has 0 aliphatic carbocycles. The van der Waals surface area contributed by atoms with Crippen LogP contribution in [0.1, 0.15) is 32.6 Å². The van der Waals surface area contributed by atoms with Crippen molar-refractivity contribution in [2.75, 3.05) is 13.1 Å². The second-order valence-electron chi connectivity index (χ2n) is 5.59. The lowest BCUT2D eigenvalue weighted by Gasteiger charge is -2.24. The minimum Gasteiger partial charge on any atom is -0.350 e. The second kappa shape index (κ2) is 6.24. The normalized spacial score (nSPS) is 12.7. The molecule has 114 valence electrons. The molecule has 0 saturated carbocycles. The predicted octanol–water partition coefficient (Wildman–Crippen LogP) is 1.98. The number of amides is 1. The number of likely N-dealkylation sites (N-methyl/N-ethyl adjacent to an activating group) is 1. The number of aryl methyl sites for hydroxylation is 1. The number of nitrogens with one attached hydrogen (secondary N) is 1. The van der Waals surface area contributed by atoms with Crippen LogP contribution in [0.15, 0.2) is 16.3 Å². The fourth-order valence-corrected chi connectivity index (χ4v) is 4.51. The van der Waals surface area contributed by atoms with Crippen molar-refractivity contribution in [3.63, 3.8) is 0 Å². The topological polar surface area (TPSA) is 66.5 Å². The lowest BCUT2D eigenvalue weighted by molar-refractivity contribution is -0.122. The first-order chi connectivity index (χ1) is 9.06. The van der Waals surface area contributed by atoms with E-state index in [4.69, 9.17) is 0 Å². The van der Waals surface area contributed by atoms with Crippen molar-refractivity contribution in [2.24, 2.45) is 0 Å². The molecule has 0 spiro atoms. The van der Waals surface area contributed by atoms with E-state index in [0.717, 1.165) is 4.88 Å². The van der Waals surface area contributed by atoms with Crippen LogP contribution >= 0.6 is 11.3 Å². The Bertz CT molecular complexity index is 571. The highest BCUT2D eigenvalue weighted by Gasteiger charge is 2.27. The maximum absolute atomic E-state index is 12.4. The van der Waals surface area contributed by atoms with Crippen molar-refractivity contribution < 1.29 is 13.2 Å². The molecule has 7 heteroatoms. The van der Waals surface area contributed by atoms with Gasteiger partial charge >= 0.3 is 0 Å². The van der Waals surface area contributed by atoms with E-state index in [1.54, 1.807) is 19.1 Å². The molecule has 0 atom stereocenters. The van der Waals surface area contributed by atoms with Gasteiger partial charge in [0.05, 0.1) is 6.54 Å². The van der Waals surface area contributed by atoms with Crippen LogP contribution in [0.25, 0.3) is 0 Å². The van der Waals surface area contributed by atoms with Gasteiger partial charge in [0.15, 0.2) is 0 Å². The summed E-state index contributed by atoms with van der Waals surface area (Å²) in [5, 5.41) is 2.77. The van der Waals surface area contributed by atoms with E-state index in [0.29, 0.717) is 0 Å². The van der Waals surface area contributed by atoms with Gasteiger partial charge in [0, 0.05) is 17.0 Å². The highest BCUT2D eigenvalue weighted by atomic mass is 32.2. The molecule has 1 aromatic rings. The van der Waals surface area contributed by atoms with E-state index in [1.807, 2.05) is 27.7 Å². The van der Waals surface area contributed by atoms with Crippen LogP contribution in [0.5, 0.6) is 0 Å². The van der Waals surface area contributed by atoms with Crippen LogP contribution in [0.3, 0.4) is 0 Å². The summed E-state index contributed by atoms with van der Waals surface area (Å²) in [6.07, 6.45) is 0. The monoisotopic (exact) mass is 318 g/mol. The van der Waals surface area contributed by atoms with Crippen molar-refractivity contribution >= 4 is 27.3 Å². The van der Waals surface area contributed by atoms with Gasteiger partial charge < -0.3 is 5.32 Å². The zero-order valence-corrected chi connectivity index (χ0v) is 14.2. The Hall–Kier alpha value is -0.920. The van der Waals surface area contributed by atoms with Crippen LogP contribution in [0, 0.1) is 6.92 Å². The van der Waals surface area contributed by atoms with E-state index in [9.17, 15) is 13.2 Å². The molecule has 1 N–H and O–H groups in total. The minimum absolute atomic E-state index is 0.160. The van der Waals surface area contributed by atoms with Crippen LogP contribution in [0.4, 0.5) is 0 Å². The molecule has 5 nitrogen and oxygen atoms in total. The standard InChI is InChI=1S/C13H22N2O3S2/c1-6-15(9-11(16)14-13(3,4)5)20(17,18)12-8-7-10(2)19-12/h7-8H,6,9H2,1-5H3,(H,14,16). The number of nitrogens with zero attached hydrogens (tertiary/aromatic N) is 1. The van der Waals surface area contributed by atoms with Crippen molar-refractivity contribution in [3.05, 3.63) is 17.0 Å². The molecular weight excluding hydrogens is 296 g/mol. The molecule has 0 bridgehead atoms. The number of sulfonamides is 1. The summed E-state index contributed by atoms with van der Waals surface area (Å²) in [5.41, 5.74) is -0.375. The maximum Gasteiger partial charge on any atom is 0.253 e. The van der Waals surface area contributed by atoms with Crippen molar-refractivity contribution in [3.8, 4) is 0 Å². The summed E-state index contributed by atoms with van der Waals surface area (Å²) in [6, 6.07) is 3.35. The Morgan fingerprint density at radius 3 is 2.35 bits per heavy atom. The van der Waals surface area contributed by atoms with Crippen LogP contribution in [-0.4, -0.2) is 37.3 Å². The van der Waals surface area contributed by atoms with Gasteiger partial charge in [-0.2, -0.15) is 4.31 Å². The Morgan fingerprint density at radius 1 is 1.35 bits per heavy atom. The largest absolute Gasteiger partial charge is 0.350 e. The maximum atomic E-state index is 12.4. The number of rotatable bonds is 5. The summed E-state index contributed by atoms with van der Waals surface area (Å²) in [4.78, 5) is 12.8. The first kappa shape index (κ1) is 17.1. The third kappa shape index (κ3) is 4.57. The Morgan fingerprint density at radius 2 is 1.95 bits per heavy atom. The van der Waals surface area contributed by atoms with E-state index in [1.165, 1.54) is 15.6 Å². The van der Waals surface area contributed by atoms with Gasteiger partial charge in [0.1, 0.15) is 4.21 Å². The number of carbonyl (C=O) groups excluding carboxylic acids is 1. The zero-order chi connectivity index (χ0) is 15.6. The average Bonchev–Trinajstić information content (AvgIpc) is 2.70. The Balaban J connectivity index is 2.88. The SMILES string of the molecule is CCN(CC(=O)NC(C)(C)C)S(=O)(=O)c1ccc(C)s1. The summed E-state index contributed by atoms with van der Waals surface area (Å²) < 4.78 is 26.3. The van der Waals surface area contributed by atoms with E-state index >= 15 is 0 Å². The molecule has 0 aliphatic heterocycles. The molecule has 0 aliphatic rings. The third-order valence-corrected chi connectivity index (χ3v) is 5.89. The smallest absolute Gasteiger partial charge is 0.253 e. The lowest BCUT2D eigenvalue weighted by Crippen LogP contribution is -2.47. The highest BCUT2D eigenvalue weighted by Crippen LogP contribution is 2.24. The van der Waals surface area contributed by atoms with Crippen molar-refractivity contribution in [2.45, 2.75) is 44.4 Å². The van der Waals surface area contributed by atoms with Gasteiger partial charge in [-0.3, -0.25) is 4.79 Å². The van der Waals surface area contributed by atoms with Gasteiger partial charge in [-0.1, -0.05) is 6.92 Å². The molecule has 1 heterocycles. The Kier molecular flexibility index (Phi) is 5.34. The molecule has 0 radical (unpaired) electrons. The summed E-state index contributed by atoms with van der Waals surface area (Å²) in [7, 11) is -3.59. The molecule has 1 aromatic heterocycles. The number of hydrogen-bond donors (Lipinski definition) is 1. The zero-order valence-electron chi connectivity index (χ0n) is 12.6. The van der Waals surface area contributed by atoms with Crippen LogP contribution < -0.4 is 5.32 Å². The second-order valence-corrected chi connectivity index (χ2v) is 9.05. The summed E-state index contributed by atoms with van der Waals surface area (Å²) in [5.74, 6) is -0.295. The van der Waals surface area contributed by atoms with Gasteiger partial charge in [-0.15, -0.1) is 11.3 Å². The molecule has 20 heavy (non-hydrogen) atoms. The first-order valence-electron chi connectivity index (χ1n) is 6.44. The van der Waals surface area contributed by atoms with Crippen LogP contribution in [-0.2, 0) is 14.8 Å². The summed E-state index contributed by atoms with van der Waals surface area (Å²) in [6.45, 7) is 9.26. The van der Waals surface area contributed by atoms with Gasteiger partial charge in [0.2, 0.25) is 5.91 Å². The van der Waals surface area contributed by atoms with Gasteiger partial charge in [0.25, 0.3) is 10.0 Å². The molecule has 0 fully saturated rings. The van der Waals surface area contributed by atoms with Crippen molar-refractivity contribution in [1.82, 2.24) is 9.62 Å². The quantitative estimate of drug-likeness (QED) is 0.903. The summed E-state index contributed by atoms with van der Waals surface area (Å²) >= 11 is 1.22. The fraction of sp³-hybridized carbons (Fsp3) is 0.615. The third-order valence-electron chi connectivity index (χ3n) is 2.50. The number of carbonyl (C=O) groups is 1.